The van der Waals surface area contributed by atoms with E-state index < -0.39 is 6.18 Å². The predicted molar refractivity (Wildman–Crippen MR) is 46.2 cm³/mol. The minimum Gasteiger partial charge on any atom is -0.166 e. The zero-order valence-electron chi connectivity index (χ0n) is 8.15. The van der Waals surface area contributed by atoms with Crippen LogP contribution in [-0.4, -0.2) is 6.18 Å². The molecular weight excluding hydrogens is 177 g/mol. The van der Waals surface area contributed by atoms with Gasteiger partial charge in [0.2, 0.25) is 0 Å². The second kappa shape index (κ2) is 3.35. The van der Waals surface area contributed by atoms with E-state index in [4.69, 9.17) is 0 Å². The maximum absolute atomic E-state index is 12.5. The monoisotopic (exact) mass is 192 g/mol. The van der Waals surface area contributed by atoms with Gasteiger partial charge in [0.15, 0.2) is 0 Å². The van der Waals surface area contributed by atoms with Gasteiger partial charge in [-0.2, -0.15) is 13.2 Å². The molecule has 0 aromatic carbocycles. The Morgan fingerprint density at radius 3 is 2.23 bits per heavy atom. The molecule has 0 saturated heterocycles. The molecule has 13 heavy (non-hydrogen) atoms. The zero-order chi connectivity index (χ0) is 10.2. The van der Waals surface area contributed by atoms with Gasteiger partial charge in [0.05, 0.1) is 0 Å². The third kappa shape index (κ3) is 2.26. The van der Waals surface area contributed by atoms with E-state index in [0.29, 0.717) is 6.42 Å². The normalized spacial score (nSPS) is 29.6. The van der Waals surface area contributed by atoms with E-state index in [2.05, 4.69) is 0 Å². The zero-order valence-corrected chi connectivity index (χ0v) is 8.15. The predicted octanol–water partition coefficient (Wildman–Crippen LogP) is 3.79. The van der Waals surface area contributed by atoms with E-state index in [-0.39, 0.29) is 23.3 Å². The first-order valence-corrected chi connectivity index (χ1v) is 4.61. The highest BCUT2D eigenvalue weighted by molar-refractivity contribution is 5.20. The average molecular weight is 192 g/mol. The highest BCUT2D eigenvalue weighted by Gasteiger charge is 2.42. The standard InChI is InChI=1S/C10H15F3/c1-6(2)8-4-7(3)5-9(8)10(11,12)13/h5-8H,4H2,1-3H3. The topological polar surface area (TPSA) is 0 Å². The van der Waals surface area contributed by atoms with Crippen LogP contribution in [0.4, 0.5) is 13.2 Å². The minimum absolute atomic E-state index is 0.0732. The largest absolute Gasteiger partial charge is 0.412 e. The van der Waals surface area contributed by atoms with E-state index in [1.807, 2.05) is 20.8 Å². The van der Waals surface area contributed by atoms with Gasteiger partial charge in [-0.15, -0.1) is 0 Å². The number of rotatable bonds is 1. The SMILES string of the molecule is CC1C=C(C(F)(F)F)C(C(C)C)C1. The molecule has 1 aliphatic carbocycles. The Morgan fingerprint density at radius 1 is 1.38 bits per heavy atom. The van der Waals surface area contributed by atoms with Crippen LogP contribution < -0.4 is 0 Å². The lowest BCUT2D eigenvalue weighted by Crippen LogP contribution is -2.20. The summed E-state index contributed by atoms with van der Waals surface area (Å²) in [4.78, 5) is 0. The van der Waals surface area contributed by atoms with Crippen molar-refractivity contribution in [1.29, 1.82) is 0 Å². The Bertz CT molecular complexity index is 213. The van der Waals surface area contributed by atoms with Gasteiger partial charge < -0.3 is 0 Å². The summed E-state index contributed by atoms with van der Waals surface area (Å²) in [7, 11) is 0. The van der Waals surface area contributed by atoms with Gasteiger partial charge in [-0.25, -0.2) is 0 Å². The van der Waals surface area contributed by atoms with Crippen molar-refractivity contribution in [2.75, 3.05) is 0 Å². The minimum atomic E-state index is -4.13. The Kier molecular flexibility index (Phi) is 2.74. The second-order valence-corrected chi connectivity index (χ2v) is 4.18. The molecule has 0 nitrogen and oxygen atoms in total. The molecule has 0 saturated carbocycles. The first kappa shape index (κ1) is 10.6. The Balaban J connectivity index is 2.86. The summed E-state index contributed by atoms with van der Waals surface area (Å²) < 4.78 is 37.4. The molecule has 0 heterocycles. The summed E-state index contributed by atoms with van der Waals surface area (Å²) in [6, 6.07) is 0. The number of hydrogen-bond acceptors (Lipinski definition) is 0. The quantitative estimate of drug-likeness (QED) is 0.554. The lowest BCUT2D eigenvalue weighted by atomic mass is 9.88. The maximum atomic E-state index is 12.5. The fourth-order valence-electron chi connectivity index (χ4n) is 1.96. The highest BCUT2D eigenvalue weighted by Crippen LogP contribution is 2.43. The summed E-state index contributed by atoms with van der Waals surface area (Å²) in [5, 5.41) is 0. The van der Waals surface area contributed by atoms with Crippen molar-refractivity contribution in [2.24, 2.45) is 17.8 Å². The molecule has 0 aliphatic heterocycles. The molecule has 0 amide bonds. The molecular formula is C10H15F3. The summed E-state index contributed by atoms with van der Waals surface area (Å²) in [5.74, 6) is -0.142. The molecule has 0 N–H and O–H groups in total. The Labute approximate surface area is 76.8 Å². The van der Waals surface area contributed by atoms with Crippen LogP contribution in [0.2, 0.25) is 0 Å². The van der Waals surface area contributed by atoms with Gasteiger partial charge in [-0.1, -0.05) is 26.8 Å². The van der Waals surface area contributed by atoms with Gasteiger partial charge in [-0.3, -0.25) is 0 Å². The molecule has 76 valence electrons. The Morgan fingerprint density at radius 2 is 1.92 bits per heavy atom. The van der Waals surface area contributed by atoms with Crippen molar-refractivity contribution < 1.29 is 13.2 Å². The van der Waals surface area contributed by atoms with E-state index >= 15 is 0 Å². The van der Waals surface area contributed by atoms with Crippen LogP contribution in [0.15, 0.2) is 11.6 Å². The van der Waals surface area contributed by atoms with Crippen LogP contribution in [0.25, 0.3) is 0 Å². The first-order chi connectivity index (χ1) is 5.82. The number of hydrogen-bond donors (Lipinski definition) is 0. The smallest absolute Gasteiger partial charge is 0.166 e. The van der Waals surface area contributed by atoms with Crippen LogP contribution in [0.1, 0.15) is 27.2 Å². The van der Waals surface area contributed by atoms with E-state index in [1.165, 1.54) is 6.08 Å². The highest BCUT2D eigenvalue weighted by atomic mass is 19.4. The molecule has 0 aromatic rings. The van der Waals surface area contributed by atoms with Crippen molar-refractivity contribution in [3.8, 4) is 0 Å². The van der Waals surface area contributed by atoms with Gasteiger partial charge in [0.1, 0.15) is 0 Å². The number of allylic oxidation sites excluding steroid dienone is 2. The average Bonchev–Trinajstić information content (AvgIpc) is 2.29. The van der Waals surface area contributed by atoms with Crippen LogP contribution in [0.3, 0.4) is 0 Å². The lowest BCUT2D eigenvalue weighted by Gasteiger charge is -2.20. The lowest BCUT2D eigenvalue weighted by molar-refractivity contribution is -0.0997. The molecule has 0 aromatic heterocycles. The van der Waals surface area contributed by atoms with E-state index in [9.17, 15) is 13.2 Å². The van der Waals surface area contributed by atoms with Crippen LogP contribution >= 0.6 is 0 Å². The fourth-order valence-corrected chi connectivity index (χ4v) is 1.96. The molecule has 3 heteroatoms. The fraction of sp³-hybridized carbons (Fsp3) is 0.800. The van der Waals surface area contributed by atoms with Gasteiger partial charge in [0, 0.05) is 5.57 Å². The van der Waals surface area contributed by atoms with Crippen LogP contribution in [0.5, 0.6) is 0 Å². The molecule has 0 bridgehead atoms. The molecule has 0 radical (unpaired) electrons. The van der Waals surface area contributed by atoms with Crippen molar-refractivity contribution >= 4 is 0 Å². The molecule has 1 aliphatic rings. The number of alkyl halides is 3. The molecule has 0 fully saturated rings. The Hall–Kier alpha value is -0.470. The third-order valence-electron chi connectivity index (χ3n) is 2.62. The van der Waals surface area contributed by atoms with Crippen LogP contribution in [0, 0.1) is 17.8 Å². The third-order valence-corrected chi connectivity index (χ3v) is 2.62. The molecule has 2 unspecified atom stereocenters. The van der Waals surface area contributed by atoms with Crippen molar-refractivity contribution in [3.05, 3.63) is 11.6 Å². The summed E-state index contributed by atoms with van der Waals surface area (Å²) in [6.45, 7) is 5.54. The maximum Gasteiger partial charge on any atom is 0.412 e. The number of halogens is 3. The molecule has 2 atom stereocenters. The van der Waals surface area contributed by atoms with Crippen molar-refractivity contribution in [1.82, 2.24) is 0 Å². The first-order valence-electron chi connectivity index (χ1n) is 4.61. The molecule has 0 spiro atoms. The van der Waals surface area contributed by atoms with E-state index in [0.717, 1.165) is 0 Å². The van der Waals surface area contributed by atoms with Crippen molar-refractivity contribution in [3.63, 3.8) is 0 Å². The van der Waals surface area contributed by atoms with E-state index in [1.54, 1.807) is 0 Å². The summed E-state index contributed by atoms with van der Waals surface area (Å²) in [6.07, 6.45) is -2.10. The van der Waals surface area contributed by atoms with Crippen molar-refractivity contribution in [2.45, 2.75) is 33.4 Å². The van der Waals surface area contributed by atoms with Gasteiger partial charge in [0.25, 0.3) is 0 Å². The molecule has 1 rings (SSSR count). The van der Waals surface area contributed by atoms with Crippen LogP contribution in [-0.2, 0) is 0 Å². The van der Waals surface area contributed by atoms with Gasteiger partial charge >= 0.3 is 6.18 Å². The second-order valence-electron chi connectivity index (χ2n) is 4.18. The summed E-state index contributed by atoms with van der Waals surface area (Å²) in [5.41, 5.74) is -0.310. The summed E-state index contributed by atoms with van der Waals surface area (Å²) >= 11 is 0. The van der Waals surface area contributed by atoms with Gasteiger partial charge in [-0.05, 0) is 24.2 Å².